The van der Waals surface area contributed by atoms with Crippen LogP contribution in [0, 0.1) is 11.3 Å². The van der Waals surface area contributed by atoms with Crippen molar-refractivity contribution in [2.75, 3.05) is 13.7 Å². The highest BCUT2D eigenvalue weighted by atomic mass is 16.5. The molecule has 2 aliphatic rings. The van der Waals surface area contributed by atoms with Crippen molar-refractivity contribution in [1.82, 2.24) is 25.2 Å². The minimum Gasteiger partial charge on any atom is -0.495 e. The van der Waals surface area contributed by atoms with Crippen molar-refractivity contribution in [3.8, 4) is 11.8 Å². The van der Waals surface area contributed by atoms with Gasteiger partial charge in [0.1, 0.15) is 11.8 Å². The minimum absolute atomic E-state index is 0.207. The minimum atomic E-state index is -0.555. The summed E-state index contributed by atoms with van der Waals surface area (Å²) >= 11 is 0. The van der Waals surface area contributed by atoms with E-state index < -0.39 is 11.9 Å². The molecule has 3 heterocycles. The normalized spacial score (nSPS) is 22.9. The summed E-state index contributed by atoms with van der Waals surface area (Å²) in [4.78, 5) is 28.2. The Morgan fingerprint density at radius 2 is 2.13 bits per heavy atom. The molecule has 0 spiro atoms. The molecule has 5 rings (SSSR count). The first kappa shape index (κ1) is 18.1. The highest BCUT2D eigenvalue weighted by molar-refractivity contribution is 6.00. The Morgan fingerprint density at radius 3 is 2.90 bits per heavy atom. The number of benzene rings is 1. The maximum absolute atomic E-state index is 12.3. The molecule has 1 aliphatic heterocycles. The van der Waals surface area contributed by atoms with Crippen molar-refractivity contribution in [3.05, 3.63) is 59.0 Å². The van der Waals surface area contributed by atoms with E-state index in [0.717, 1.165) is 23.2 Å². The Balaban J connectivity index is 1.50. The van der Waals surface area contributed by atoms with Gasteiger partial charge in [0.05, 0.1) is 24.3 Å². The van der Waals surface area contributed by atoms with Crippen molar-refractivity contribution < 1.29 is 14.3 Å². The van der Waals surface area contributed by atoms with E-state index in [4.69, 9.17) is 4.74 Å². The number of carbonyl (C=O) groups is 2. The molecule has 3 aromatic rings. The van der Waals surface area contributed by atoms with E-state index in [1.165, 1.54) is 0 Å². The zero-order valence-corrected chi connectivity index (χ0v) is 16.1. The number of imidazole rings is 1. The van der Waals surface area contributed by atoms with Gasteiger partial charge >= 0.3 is 6.03 Å². The number of carbonyl (C=O) groups excluding carboxylic acids is 2. The van der Waals surface area contributed by atoms with Gasteiger partial charge in [0.25, 0.3) is 0 Å². The number of nitriles is 1. The summed E-state index contributed by atoms with van der Waals surface area (Å²) in [6.45, 7) is 0.207. The number of hydrogen-bond donors (Lipinski definition) is 2. The summed E-state index contributed by atoms with van der Waals surface area (Å²) in [5.41, 5.74) is 3.97. The van der Waals surface area contributed by atoms with Crippen LogP contribution in [0.5, 0.6) is 5.75 Å². The summed E-state index contributed by atoms with van der Waals surface area (Å²) in [7, 11) is 1.56. The third kappa shape index (κ3) is 2.93. The Hall–Kier alpha value is -3.93. The van der Waals surface area contributed by atoms with E-state index in [1.54, 1.807) is 30.1 Å². The van der Waals surface area contributed by atoms with Gasteiger partial charge in [-0.1, -0.05) is 6.07 Å². The van der Waals surface area contributed by atoms with Crippen LogP contribution in [0.25, 0.3) is 5.65 Å². The molecule has 0 radical (unpaired) electrons. The monoisotopic (exact) mass is 402 g/mol. The lowest BCUT2D eigenvalue weighted by atomic mass is 9.98. The highest BCUT2D eigenvalue weighted by Gasteiger charge is 2.42. The lowest BCUT2D eigenvalue weighted by Crippen LogP contribution is -2.51. The van der Waals surface area contributed by atoms with Crippen molar-refractivity contribution >= 4 is 17.6 Å². The van der Waals surface area contributed by atoms with E-state index in [1.807, 2.05) is 18.2 Å². The van der Waals surface area contributed by atoms with E-state index in [0.29, 0.717) is 17.0 Å². The molecule has 1 saturated heterocycles. The fourth-order valence-corrected chi connectivity index (χ4v) is 4.11. The van der Waals surface area contributed by atoms with Gasteiger partial charge in [-0.2, -0.15) is 10.4 Å². The second-order valence-electron chi connectivity index (χ2n) is 7.49. The van der Waals surface area contributed by atoms with Crippen molar-refractivity contribution in [2.24, 2.45) is 0 Å². The van der Waals surface area contributed by atoms with Gasteiger partial charge in [0.15, 0.2) is 5.65 Å². The van der Waals surface area contributed by atoms with Gasteiger partial charge in [0.2, 0.25) is 5.91 Å². The molecule has 9 heteroatoms. The van der Waals surface area contributed by atoms with Gasteiger partial charge in [0, 0.05) is 24.5 Å². The molecule has 2 N–H and O–H groups in total. The van der Waals surface area contributed by atoms with Gasteiger partial charge in [-0.25, -0.2) is 14.3 Å². The number of aromatic nitrogens is 3. The van der Waals surface area contributed by atoms with Crippen LogP contribution in [0.2, 0.25) is 0 Å². The second kappa shape index (κ2) is 6.84. The van der Waals surface area contributed by atoms with Crippen LogP contribution < -0.4 is 15.4 Å². The Kier molecular flexibility index (Phi) is 4.13. The number of amides is 3. The second-order valence-corrected chi connectivity index (χ2v) is 7.49. The van der Waals surface area contributed by atoms with Crippen LogP contribution in [0.1, 0.15) is 46.6 Å². The predicted molar refractivity (Wildman–Crippen MR) is 105 cm³/mol. The average molecular weight is 402 g/mol. The maximum atomic E-state index is 12.3. The predicted octanol–water partition coefficient (Wildman–Crippen LogP) is 1.80. The molecule has 2 aromatic heterocycles. The van der Waals surface area contributed by atoms with Crippen LogP contribution >= 0.6 is 0 Å². The van der Waals surface area contributed by atoms with E-state index in [9.17, 15) is 14.9 Å². The molecule has 30 heavy (non-hydrogen) atoms. The van der Waals surface area contributed by atoms with Crippen molar-refractivity contribution in [1.29, 1.82) is 5.26 Å². The Bertz CT molecular complexity index is 1230. The first-order valence-corrected chi connectivity index (χ1v) is 9.60. The summed E-state index contributed by atoms with van der Waals surface area (Å²) < 4.78 is 7.03. The van der Waals surface area contributed by atoms with Crippen molar-refractivity contribution in [3.63, 3.8) is 0 Å². The molecule has 1 aromatic carbocycles. The molecule has 2 fully saturated rings. The number of nitrogens with zero attached hydrogens (tertiary/aromatic N) is 4. The highest BCUT2D eigenvalue weighted by Crippen LogP contribution is 2.56. The van der Waals surface area contributed by atoms with E-state index >= 15 is 0 Å². The standard InChI is InChI=1S/C21H18N6O3/c1-30-18-6-11(2-3-12(18)9-22)13-7-14(13)15-8-17(26-27-5-4-23-19(15)27)16-10-24-21(29)25-20(16)28/h2-6,8,13-14,16H,7,10H2,1H3,(H2,24,25,28,29)/t13-,14+,16?/m1/s1. The van der Waals surface area contributed by atoms with Gasteiger partial charge < -0.3 is 10.1 Å². The van der Waals surface area contributed by atoms with Gasteiger partial charge in [-0.05, 0) is 42.0 Å². The summed E-state index contributed by atoms with van der Waals surface area (Å²) in [6.07, 6.45) is 4.36. The van der Waals surface area contributed by atoms with Crippen LogP contribution in [0.15, 0.2) is 36.7 Å². The third-order valence-corrected chi connectivity index (χ3v) is 5.75. The summed E-state index contributed by atoms with van der Waals surface area (Å²) in [5, 5.41) is 18.7. The number of methoxy groups -OCH3 is 1. The molecular weight excluding hydrogens is 384 g/mol. The quantitative estimate of drug-likeness (QED) is 0.686. The van der Waals surface area contributed by atoms with Crippen LogP contribution in [-0.4, -0.2) is 40.2 Å². The van der Waals surface area contributed by atoms with Crippen LogP contribution in [0.3, 0.4) is 0 Å². The molecule has 1 aliphatic carbocycles. The van der Waals surface area contributed by atoms with Crippen LogP contribution in [0.4, 0.5) is 4.79 Å². The number of hydrogen-bond acceptors (Lipinski definition) is 6. The molecular formula is C21H18N6O3. The van der Waals surface area contributed by atoms with Crippen molar-refractivity contribution in [2.45, 2.75) is 24.2 Å². The molecule has 1 unspecified atom stereocenters. The molecule has 9 nitrogen and oxygen atoms in total. The third-order valence-electron chi connectivity index (χ3n) is 5.75. The largest absolute Gasteiger partial charge is 0.495 e. The number of ether oxygens (including phenoxy) is 1. The fourth-order valence-electron chi connectivity index (χ4n) is 4.11. The molecule has 3 amide bonds. The summed E-state index contributed by atoms with van der Waals surface area (Å²) in [6, 6.07) is 9.22. The maximum Gasteiger partial charge on any atom is 0.321 e. The summed E-state index contributed by atoms with van der Waals surface area (Å²) in [5.74, 6) is 0.135. The zero-order valence-electron chi connectivity index (χ0n) is 16.1. The van der Waals surface area contributed by atoms with Gasteiger partial charge in [-0.3, -0.25) is 10.1 Å². The topological polar surface area (TPSA) is 121 Å². The Morgan fingerprint density at radius 1 is 1.27 bits per heavy atom. The molecule has 3 atom stereocenters. The number of rotatable bonds is 4. The molecule has 1 saturated carbocycles. The Labute approximate surface area is 171 Å². The number of urea groups is 1. The number of nitrogens with one attached hydrogen (secondary N) is 2. The molecule has 0 bridgehead atoms. The average Bonchev–Trinajstić information content (AvgIpc) is 3.41. The van der Waals surface area contributed by atoms with E-state index in [-0.39, 0.29) is 24.3 Å². The number of fused-ring (bicyclic) bond motifs is 1. The zero-order chi connectivity index (χ0) is 20.8. The lowest BCUT2D eigenvalue weighted by Gasteiger charge is -2.22. The smallest absolute Gasteiger partial charge is 0.321 e. The lowest BCUT2D eigenvalue weighted by molar-refractivity contribution is -0.122. The van der Waals surface area contributed by atoms with E-state index in [2.05, 4.69) is 26.8 Å². The first-order chi connectivity index (χ1) is 14.6. The van der Waals surface area contributed by atoms with Gasteiger partial charge in [-0.15, -0.1) is 0 Å². The number of imide groups is 1. The molecule has 150 valence electrons. The SMILES string of the molecule is COc1cc([C@H]2C[C@@H]2c2cc(C3CNC(=O)NC3=O)nn3ccnc23)ccc1C#N. The fraction of sp³-hybridized carbons (Fsp3) is 0.286. The van der Waals surface area contributed by atoms with Crippen LogP contribution in [-0.2, 0) is 4.79 Å². The first-order valence-electron chi connectivity index (χ1n) is 9.60.